The van der Waals surface area contributed by atoms with Gasteiger partial charge in [-0.1, -0.05) is 29.8 Å². The molecule has 1 amide bonds. The van der Waals surface area contributed by atoms with Crippen LogP contribution >= 0.6 is 0 Å². The zero-order valence-electron chi connectivity index (χ0n) is 19.3. The molecule has 1 heterocycles. The van der Waals surface area contributed by atoms with Crippen LogP contribution in [0, 0.1) is 20.8 Å². The highest BCUT2D eigenvalue weighted by Crippen LogP contribution is 2.30. The fourth-order valence-electron chi connectivity index (χ4n) is 3.51. The average Bonchev–Trinajstić information content (AvgIpc) is 3.26. The van der Waals surface area contributed by atoms with E-state index in [0.717, 1.165) is 22.4 Å². The first-order valence-electron chi connectivity index (χ1n) is 10.5. The maximum absolute atomic E-state index is 13.2. The molecular weight excluding hydrogens is 416 g/mol. The van der Waals surface area contributed by atoms with Crippen LogP contribution in [-0.2, 0) is 0 Å². The van der Waals surface area contributed by atoms with Crippen molar-refractivity contribution in [3.63, 3.8) is 0 Å². The molecule has 33 heavy (non-hydrogen) atoms. The van der Waals surface area contributed by atoms with E-state index in [-0.39, 0.29) is 5.82 Å². The minimum absolute atomic E-state index is 0.0506. The van der Waals surface area contributed by atoms with Crippen LogP contribution < -0.4 is 14.8 Å². The number of aryl methyl sites for hydroxylation is 3. The topological polar surface area (TPSA) is 78.3 Å². The molecule has 168 valence electrons. The predicted molar refractivity (Wildman–Crippen MR) is 129 cm³/mol. The monoisotopic (exact) mass is 442 g/mol. The Morgan fingerprint density at radius 2 is 1.73 bits per heavy atom. The van der Waals surface area contributed by atoms with Gasteiger partial charge in [-0.15, -0.1) is 5.10 Å². The maximum atomic E-state index is 13.2. The quantitative estimate of drug-likeness (QED) is 0.448. The molecule has 0 aliphatic rings. The van der Waals surface area contributed by atoms with Gasteiger partial charge >= 0.3 is 0 Å². The first kappa shape index (κ1) is 22.1. The Kier molecular flexibility index (Phi) is 6.13. The normalized spacial score (nSPS) is 10.7. The maximum Gasteiger partial charge on any atom is 0.295 e. The lowest BCUT2D eigenvalue weighted by atomic mass is 10.1. The summed E-state index contributed by atoms with van der Waals surface area (Å²) in [6, 6.07) is 19.2. The Morgan fingerprint density at radius 3 is 2.42 bits per heavy atom. The van der Waals surface area contributed by atoms with Crippen molar-refractivity contribution in [3.8, 4) is 28.6 Å². The summed E-state index contributed by atoms with van der Waals surface area (Å²) < 4.78 is 12.3. The molecule has 0 saturated heterocycles. The van der Waals surface area contributed by atoms with E-state index in [1.165, 1.54) is 5.56 Å². The summed E-state index contributed by atoms with van der Waals surface area (Å²) in [5.41, 5.74) is 5.58. The van der Waals surface area contributed by atoms with E-state index >= 15 is 0 Å². The molecule has 4 rings (SSSR count). The Morgan fingerprint density at radius 1 is 0.909 bits per heavy atom. The van der Waals surface area contributed by atoms with Crippen molar-refractivity contribution < 1.29 is 14.3 Å². The molecule has 0 bridgehead atoms. The number of aromatic nitrogens is 3. The lowest BCUT2D eigenvalue weighted by molar-refractivity contribution is 0.101. The van der Waals surface area contributed by atoms with Crippen LogP contribution in [-0.4, -0.2) is 34.9 Å². The molecule has 4 aromatic rings. The van der Waals surface area contributed by atoms with Crippen LogP contribution in [0.25, 0.3) is 17.1 Å². The molecule has 0 saturated carbocycles. The van der Waals surface area contributed by atoms with Crippen LogP contribution in [0.3, 0.4) is 0 Å². The molecular formula is C26H26N4O3. The van der Waals surface area contributed by atoms with Gasteiger partial charge in [-0.05, 0) is 62.2 Å². The van der Waals surface area contributed by atoms with Crippen LogP contribution in [0.2, 0.25) is 0 Å². The lowest BCUT2D eigenvalue weighted by Gasteiger charge is -2.10. The van der Waals surface area contributed by atoms with Crippen molar-refractivity contribution in [2.45, 2.75) is 20.8 Å². The second-order valence-corrected chi connectivity index (χ2v) is 7.83. The minimum Gasteiger partial charge on any atom is -0.497 e. The molecule has 0 unspecified atom stereocenters. The highest BCUT2D eigenvalue weighted by molar-refractivity contribution is 6.02. The summed E-state index contributed by atoms with van der Waals surface area (Å²) in [4.78, 5) is 17.8. The summed E-state index contributed by atoms with van der Waals surface area (Å²) in [6.45, 7) is 6.12. The number of ether oxygens (including phenoxy) is 2. The first-order valence-corrected chi connectivity index (χ1v) is 10.5. The molecule has 0 atom stereocenters. The molecule has 1 aromatic heterocycles. The Bertz CT molecular complexity index is 1330. The second-order valence-electron chi connectivity index (χ2n) is 7.83. The number of amides is 1. The van der Waals surface area contributed by atoms with Gasteiger partial charge in [-0.2, -0.15) is 0 Å². The van der Waals surface area contributed by atoms with Crippen LogP contribution in [0.4, 0.5) is 5.69 Å². The summed E-state index contributed by atoms with van der Waals surface area (Å²) in [5, 5.41) is 7.42. The molecule has 1 N–H and O–H groups in total. The van der Waals surface area contributed by atoms with Gasteiger partial charge in [0, 0.05) is 11.6 Å². The fraction of sp³-hybridized carbons (Fsp3) is 0.192. The summed E-state index contributed by atoms with van der Waals surface area (Å²) in [5.74, 6) is 1.30. The lowest BCUT2D eigenvalue weighted by Crippen LogP contribution is -2.15. The van der Waals surface area contributed by atoms with Crippen LogP contribution in [0.1, 0.15) is 27.3 Å². The third-order valence-electron chi connectivity index (χ3n) is 5.48. The number of methoxy groups -OCH3 is 2. The largest absolute Gasteiger partial charge is 0.497 e. The Hall–Kier alpha value is -4.13. The zero-order valence-corrected chi connectivity index (χ0v) is 19.3. The number of hydrogen-bond donors (Lipinski definition) is 1. The SMILES string of the molecule is COc1ccc(OC)c(NC(=O)c2nc(-c3cccc(C)c3)n(-c3ccc(C)c(C)c3)n2)c1. The standard InChI is InChI=1S/C26H26N4O3/c1-16-7-6-8-19(13-16)25-28-24(29-30(25)20-10-9-17(2)18(3)14-20)26(31)27-22-15-21(32-4)11-12-23(22)33-5/h6-15H,1-5H3,(H,27,31). The van der Waals surface area contributed by atoms with Crippen molar-refractivity contribution in [3.05, 3.63) is 83.2 Å². The van der Waals surface area contributed by atoms with E-state index in [9.17, 15) is 4.79 Å². The van der Waals surface area contributed by atoms with E-state index in [2.05, 4.69) is 22.3 Å². The molecule has 0 fully saturated rings. The number of carbonyl (C=O) groups excluding carboxylic acids is 1. The third kappa shape index (κ3) is 4.57. The van der Waals surface area contributed by atoms with Gasteiger partial charge in [0.15, 0.2) is 5.82 Å². The average molecular weight is 443 g/mol. The van der Waals surface area contributed by atoms with E-state index in [1.54, 1.807) is 37.1 Å². The van der Waals surface area contributed by atoms with Crippen LogP contribution in [0.15, 0.2) is 60.7 Å². The van der Waals surface area contributed by atoms with Gasteiger partial charge < -0.3 is 14.8 Å². The summed E-state index contributed by atoms with van der Waals surface area (Å²) in [6.07, 6.45) is 0. The van der Waals surface area contributed by atoms with Gasteiger partial charge in [-0.3, -0.25) is 4.79 Å². The van der Waals surface area contributed by atoms with Crippen molar-refractivity contribution in [2.75, 3.05) is 19.5 Å². The highest BCUT2D eigenvalue weighted by Gasteiger charge is 2.20. The Balaban J connectivity index is 1.78. The Labute approximate surface area is 193 Å². The summed E-state index contributed by atoms with van der Waals surface area (Å²) >= 11 is 0. The molecule has 0 spiro atoms. The first-order chi connectivity index (χ1) is 15.9. The van der Waals surface area contributed by atoms with Gasteiger partial charge in [0.25, 0.3) is 5.91 Å². The van der Waals surface area contributed by atoms with Gasteiger partial charge in [0.1, 0.15) is 11.5 Å². The van der Waals surface area contributed by atoms with E-state index in [1.807, 2.05) is 56.3 Å². The van der Waals surface area contributed by atoms with Crippen molar-refractivity contribution in [1.82, 2.24) is 14.8 Å². The minimum atomic E-state index is -0.446. The molecule has 7 heteroatoms. The highest BCUT2D eigenvalue weighted by atomic mass is 16.5. The van der Waals surface area contributed by atoms with E-state index in [0.29, 0.717) is 23.0 Å². The predicted octanol–water partition coefficient (Wildman–Crippen LogP) is 5.13. The third-order valence-corrected chi connectivity index (χ3v) is 5.48. The number of rotatable bonds is 6. The number of anilines is 1. The van der Waals surface area contributed by atoms with Crippen molar-refractivity contribution >= 4 is 11.6 Å². The number of benzene rings is 3. The van der Waals surface area contributed by atoms with Crippen LogP contribution in [0.5, 0.6) is 11.5 Å². The van der Waals surface area contributed by atoms with E-state index in [4.69, 9.17) is 9.47 Å². The molecule has 0 aliphatic carbocycles. The smallest absolute Gasteiger partial charge is 0.295 e. The molecule has 7 nitrogen and oxygen atoms in total. The number of nitrogens with zero attached hydrogens (tertiary/aromatic N) is 3. The van der Waals surface area contributed by atoms with E-state index < -0.39 is 5.91 Å². The zero-order chi connectivity index (χ0) is 23.5. The number of carbonyl (C=O) groups is 1. The van der Waals surface area contributed by atoms with Gasteiger partial charge in [0.05, 0.1) is 25.6 Å². The van der Waals surface area contributed by atoms with Gasteiger partial charge in [0.2, 0.25) is 5.82 Å². The summed E-state index contributed by atoms with van der Waals surface area (Å²) in [7, 11) is 3.11. The second kappa shape index (κ2) is 9.16. The molecule has 3 aromatic carbocycles. The molecule has 0 aliphatic heterocycles. The fourth-order valence-corrected chi connectivity index (χ4v) is 3.51. The van der Waals surface area contributed by atoms with Crippen molar-refractivity contribution in [1.29, 1.82) is 0 Å². The number of hydrogen-bond acceptors (Lipinski definition) is 5. The van der Waals surface area contributed by atoms with Crippen molar-refractivity contribution in [2.24, 2.45) is 0 Å². The van der Waals surface area contributed by atoms with Gasteiger partial charge in [-0.25, -0.2) is 9.67 Å². The molecule has 0 radical (unpaired) electrons. The number of nitrogens with one attached hydrogen (secondary N) is 1.